The lowest BCUT2D eigenvalue weighted by molar-refractivity contribution is -0.115. The van der Waals surface area contributed by atoms with Gasteiger partial charge in [0.05, 0.1) is 6.61 Å². The van der Waals surface area contributed by atoms with E-state index < -0.39 is 18.5 Å². The first-order valence-electron chi connectivity index (χ1n) is 5.79. The molecule has 2 aliphatic heterocycles. The second kappa shape index (κ2) is 4.80. The van der Waals surface area contributed by atoms with Gasteiger partial charge < -0.3 is 14.2 Å². The fraction of sp³-hybridized carbons (Fsp3) is 0.308. The van der Waals surface area contributed by atoms with Crippen LogP contribution in [0.3, 0.4) is 0 Å². The lowest BCUT2D eigenvalue weighted by Crippen LogP contribution is -2.34. The molecule has 2 heterocycles. The van der Waals surface area contributed by atoms with Gasteiger partial charge in [-0.1, -0.05) is 24.3 Å². The summed E-state index contributed by atoms with van der Waals surface area (Å²) in [5.41, 5.74) is 0.688. The smallest absolute Gasteiger partial charge is 0.412 e. The fourth-order valence-corrected chi connectivity index (χ4v) is 1.93. The maximum atomic E-state index is 11.7. The standard InChI is InChI=1S/C13H13NO4/c15-13(14-9-4-2-1-3-5-9)18-11-7-6-10-8-16-12(11)17-10/h1-7,10-12H,8H2,(H,14,15)/t10-,11-,12+/m0/s1. The minimum Gasteiger partial charge on any atom is -0.436 e. The molecule has 2 bridgehead atoms. The molecule has 0 radical (unpaired) electrons. The molecule has 3 atom stereocenters. The third-order valence-electron chi connectivity index (χ3n) is 2.78. The van der Waals surface area contributed by atoms with E-state index in [0.717, 1.165) is 0 Å². The summed E-state index contributed by atoms with van der Waals surface area (Å²) in [5.74, 6) is 0. The van der Waals surface area contributed by atoms with Crippen LogP contribution in [0.15, 0.2) is 42.5 Å². The van der Waals surface area contributed by atoms with Crippen molar-refractivity contribution in [3.8, 4) is 0 Å². The average Bonchev–Trinajstić information content (AvgIpc) is 2.77. The van der Waals surface area contributed by atoms with Gasteiger partial charge in [-0.25, -0.2) is 4.79 Å². The molecule has 94 valence electrons. The van der Waals surface area contributed by atoms with Gasteiger partial charge in [0.15, 0.2) is 12.4 Å². The van der Waals surface area contributed by atoms with Crippen molar-refractivity contribution in [2.24, 2.45) is 0 Å². The van der Waals surface area contributed by atoms with Gasteiger partial charge in [0.2, 0.25) is 0 Å². The van der Waals surface area contributed by atoms with E-state index in [4.69, 9.17) is 14.2 Å². The molecule has 1 N–H and O–H groups in total. The van der Waals surface area contributed by atoms with Crippen molar-refractivity contribution in [3.63, 3.8) is 0 Å². The first-order chi connectivity index (χ1) is 8.81. The lowest BCUT2D eigenvalue weighted by atomic mass is 10.2. The molecule has 0 aromatic heterocycles. The van der Waals surface area contributed by atoms with Gasteiger partial charge in [-0.2, -0.15) is 0 Å². The summed E-state index contributed by atoms with van der Waals surface area (Å²) in [6.07, 6.45) is 2.15. The van der Waals surface area contributed by atoms with Crippen molar-refractivity contribution < 1.29 is 19.0 Å². The van der Waals surface area contributed by atoms with E-state index in [-0.39, 0.29) is 6.10 Å². The molecule has 0 aliphatic carbocycles. The van der Waals surface area contributed by atoms with Crippen LogP contribution in [-0.2, 0) is 14.2 Å². The SMILES string of the molecule is O=C(Nc1ccccc1)O[C@H]1C=C[C@H]2CO[C@@H]1O2. The van der Waals surface area contributed by atoms with E-state index >= 15 is 0 Å². The van der Waals surface area contributed by atoms with Gasteiger partial charge in [0, 0.05) is 5.69 Å². The Kier molecular flexibility index (Phi) is 3.00. The van der Waals surface area contributed by atoms with E-state index in [9.17, 15) is 4.79 Å². The Morgan fingerprint density at radius 3 is 2.94 bits per heavy atom. The normalized spacial score (nSPS) is 29.0. The Labute approximate surface area is 104 Å². The molecule has 0 spiro atoms. The number of ether oxygens (including phenoxy) is 3. The summed E-state index contributed by atoms with van der Waals surface area (Å²) in [6, 6.07) is 9.13. The van der Waals surface area contributed by atoms with Crippen LogP contribution >= 0.6 is 0 Å². The number of fused-ring (bicyclic) bond motifs is 2. The van der Waals surface area contributed by atoms with E-state index in [1.54, 1.807) is 18.2 Å². The van der Waals surface area contributed by atoms with Crippen LogP contribution in [0.1, 0.15) is 0 Å². The van der Waals surface area contributed by atoms with Gasteiger partial charge in [-0.05, 0) is 18.2 Å². The molecule has 1 fully saturated rings. The van der Waals surface area contributed by atoms with Crippen molar-refractivity contribution in [1.82, 2.24) is 0 Å². The van der Waals surface area contributed by atoms with Crippen LogP contribution in [-0.4, -0.2) is 31.2 Å². The Morgan fingerprint density at radius 1 is 1.28 bits per heavy atom. The Morgan fingerprint density at radius 2 is 2.11 bits per heavy atom. The predicted molar refractivity (Wildman–Crippen MR) is 64.1 cm³/mol. The summed E-state index contributed by atoms with van der Waals surface area (Å²) in [4.78, 5) is 11.7. The van der Waals surface area contributed by atoms with Crippen molar-refractivity contribution in [2.45, 2.75) is 18.5 Å². The Hall–Kier alpha value is -1.85. The Balaban J connectivity index is 1.58. The fourth-order valence-electron chi connectivity index (χ4n) is 1.93. The molecule has 3 rings (SSSR count). The molecule has 18 heavy (non-hydrogen) atoms. The van der Waals surface area contributed by atoms with Gasteiger partial charge in [0.25, 0.3) is 0 Å². The second-order valence-electron chi connectivity index (χ2n) is 4.12. The minimum absolute atomic E-state index is 0.00738. The first-order valence-corrected chi connectivity index (χ1v) is 5.79. The molecule has 1 amide bonds. The van der Waals surface area contributed by atoms with E-state index in [1.807, 2.05) is 24.3 Å². The number of benzene rings is 1. The number of amides is 1. The van der Waals surface area contributed by atoms with Gasteiger partial charge in [0.1, 0.15) is 6.10 Å². The third kappa shape index (κ3) is 2.37. The molecule has 1 aromatic carbocycles. The molecular weight excluding hydrogens is 234 g/mol. The number of hydrogen-bond donors (Lipinski definition) is 1. The largest absolute Gasteiger partial charge is 0.436 e. The van der Waals surface area contributed by atoms with Crippen LogP contribution in [0.2, 0.25) is 0 Å². The van der Waals surface area contributed by atoms with Crippen LogP contribution in [0.25, 0.3) is 0 Å². The van der Waals surface area contributed by atoms with E-state index in [1.165, 1.54) is 0 Å². The molecule has 1 aromatic rings. The number of rotatable bonds is 2. The highest BCUT2D eigenvalue weighted by Crippen LogP contribution is 2.24. The minimum atomic E-state index is -0.520. The number of carbonyl (C=O) groups is 1. The van der Waals surface area contributed by atoms with Crippen LogP contribution in [0.4, 0.5) is 10.5 Å². The van der Waals surface area contributed by atoms with Gasteiger partial charge >= 0.3 is 6.09 Å². The predicted octanol–water partition coefficient (Wildman–Crippen LogP) is 1.91. The number of anilines is 1. The maximum absolute atomic E-state index is 11.7. The van der Waals surface area contributed by atoms with Crippen LogP contribution in [0.5, 0.6) is 0 Å². The molecular formula is C13H13NO4. The summed E-state index contributed by atoms with van der Waals surface area (Å²) >= 11 is 0. The molecule has 0 unspecified atom stereocenters. The highest BCUT2D eigenvalue weighted by atomic mass is 16.7. The van der Waals surface area contributed by atoms with Crippen LogP contribution < -0.4 is 5.32 Å². The number of hydrogen-bond acceptors (Lipinski definition) is 4. The summed E-state index contributed by atoms with van der Waals surface area (Å²) in [7, 11) is 0. The van der Waals surface area contributed by atoms with Crippen LogP contribution in [0, 0.1) is 0 Å². The quantitative estimate of drug-likeness (QED) is 0.811. The lowest BCUT2D eigenvalue weighted by Gasteiger charge is -2.22. The average molecular weight is 247 g/mol. The van der Waals surface area contributed by atoms with Crippen molar-refractivity contribution in [1.29, 1.82) is 0 Å². The second-order valence-corrected chi connectivity index (χ2v) is 4.12. The van der Waals surface area contributed by atoms with Crippen molar-refractivity contribution in [3.05, 3.63) is 42.5 Å². The molecule has 1 saturated heterocycles. The molecule has 5 nitrogen and oxygen atoms in total. The molecule has 0 saturated carbocycles. The molecule has 2 aliphatic rings. The van der Waals surface area contributed by atoms with E-state index in [0.29, 0.717) is 12.3 Å². The zero-order valence-electron chi connectivity index (χ0n) is 9.61. The Bertz CT molecular complexity index is 459. The summed E-state index contributed by atoms with van der Waals surface area (Å²) in [5, 5.41) is 2.64. The van der Waals surface area contributed by atoms with Crippen molar-refractivity contribution in [2.75, 3.05) is 11.9 Å². The monoisotopic (exact) mass is 247 g/mol. The van der Waals surface area contributed by atoms with E-state index in [2.05, 4.69) is 5.32 Å². The highest BCUT2D eigenvalue weighted by molar-refractivity contribution is 5.84. The first kappa shape index (κ1) is 11.3. The zero-order valence-corrected chi connectivity index (χ0v) is 9.61. The number of nitrogens with one attached hydrogen (secondary N) is 1. The maximum Gasteiger partial charge on any atom is 0.412 e. The summed E-state index contributed by atoms with van der Waals surface area (Å²) in [6.45, 7) is 0.515. The highest BCUT2D eigenvalue weighted by Gasteiger charge is 2.36. The summed E-state index contributed by atoms with van der Waals surface area (Å²) < 4.78 is 16.0. The van der Waals surface area contributed by atoms with Gasteiger partial charge in [-0.15, -0.1) is 0 Å². The van der Waals surface area contributed by atoms with Gasteiger partial charge in [-0.3, -0.25) is 5.32 Å². The van der Waals surface area contributed by atoms with Crippen molar-refractivity contribution >= 4 is 11.8 Å². The topological polar surface area (TPSA) is 56.8 Å². The molecule has 5 heteroatoms. The number of carbonyl (C=O) groups excluding carboxylic acids is 1. The number of para-hydroxylation sites is 1. The third-order valence-corrected chi connectivity index (χ3v) is 2.78. The zero-order chi connectivity index (χ0) is 12.4.